The van der Waals surface area contributed by atoms with Crippen LogP contribution in [-0.4, -0.2) is 26.2 Å². The van der Waals surface area contributed by atoms with Gasteiger partial charge < -0.3 is 9.47 Å². The lowest BCUT2D eigenvalue weighted by Crippen LogP contribution is -2.13. The van der Waals surface area contributed by atoms with Crippen molar-refractivity contribution >= 4 is 11.9 Å². The number of aryl methyl sites for hydroxylation is 4. The fourth-order valence-electron chi connectivity index (χ4n) is 3.70. The number of benzene rings is 2. The second kappa shape index (κ2) is 8.85. The van der Waals surface area contributed by atoms with Crippen molar-refractivity contribution in [1.82, 2.24) is 0 Å². The van der Waals surface area contributed by atoms with E-state index in [-0.39, 0.29) is 11.9 Å². The molecule has 0 fully saturated rings. The summed E-state index contributed by atoms with van der Waals surface area (Å²) in [6, 6.07) is 12.5. The molecule has 2 aromatic carbocycles. The lowest BCUT2D eigenvalue weighted by molar-refractivity contribution is 0.0584. The second-order valence-electron chi connectivity index (χ2n) is 7.03. The monoisotopic (exact) mass is 366 g/mol. The van der Waals surface area contributed by atoms with Gasteiger partial charge in [0, 0.05) is 0 Å². The maximum atomic E-state index is 12.3. The van der Waals surface area contributed by atoms with E-state index in [1.54, 1.807) is 0 Å². The molecule has 0 aromatic heterocycles. The van der Waals surface area contributed by atoms with Gasteiger partial charge in [-0.1, -0.05) is 24.3 Å². The number of hydrogen-bond donors (Lipinski definition) is 0. The SMILES string of the molecule is COC(=O)c1cc2c(C(=O)OC)cc1CCCCc1ccc(cc1)CCC2. The van der Waals surface area contributed by atoms with Crippen LogP contribution in [0, 0.1) is 0 Å². The summed E-state index contributed by atoms with van der Waals surface area (Å²) in [5.74, 6) is -0.699. The minimum atomic E-state index is -0.351. The molecular formula is C23H26O4. The van der Waals surface area contributed by atoms with Crippen LogP contribution in [0.25, 0.3) is 0 Å². The van der Waals surface area contributed by atoms with E-state index >= 15 is 0 Å². The van der Waals surface area contributed by atoms with Gasteiger partial charge in [-0.05, 0) is 79.3 Å². The number of rotatable bonds is 2. The van der Waals surface area contributed by atoms with Crippen LogP contribution in [0.2, 0.25) is 0 Å². The Morgan fingerprint density at radius 1 is 0.667 bits per heavy atom. The van der Waals surface area contributed by atoms with E-state index in [9.17, 15) is 9.59 Å². The third kappa shape index (κ3) is 4.57. The number of carbonyl (C=O) groups is 2. The Morgan fingerprint density at radius 2 is 1.07 bits per heavy atom. The molecule has 4 nitrogen and oxygen atoms in total. The lowest BCUT2D eigenvalue weighted by Gasteiger charge is -2.14. The standard InChI is InChI=1S/C23H26O4/c1-26-22(24)20-15-19-9-5-7-17-12-10-16(11-13-17)6-3-4-8-18(20)14-21(19)23(25)27-2/h10-15H,3-9H2,1-2H3. The van der Waals surface area contributed by atoms with Crippen molar-refractivity contribution in [2.24, 2.45) is 0 Å². The summed E-state index contributed by atoms with van der Waals surface area (Å²) in [5, 5.41) is 0. The van der Waals surface area contributed by atoms with Gasteiger partial charge in [-0.15, -0.1) is 0 Å². The molecule has 6 rings (SSSR count). The topological polar surface area (TPSA) is 52.6 Å². The number of esters is 2. The first-order valence-electron chi connectivity index (χ1n) is 9.52. The fourth-order valence-corrected chi connectivity index (χ4v) is 3.70. The van der Waals surface area contributed by atoms with Gasteiger partial charge in [0.15, 0.2) is 0 Å². The summed E-state index contributed by atoms with van der Waals surface area (Å²) in [5.41, 5.74) is 5.46. The molecule has 4 bridgehead atoms. The van der Waals surface area contributed by atoms with Gasteiger partial charge in [-0.25, -0.2) is 9.59 Å². The number of methoxy groups -OCH3 is 2. The van der Waals surface area contributed by atoms with Crippen LogP contribution < -0.4 is 0 Å². The molecule has 0 aliphatic heterocycles. The summed E-state index contributed by atoms with van der Waals surface area (Å²) in [7, 11) is 2.79. The first-order valence-corrected chi connectivity index (χ1v) is 9.52. The molecule has 0 atom stereocenters. The molecule has 0 amide bonds. The molecule has 0 saturated carbocycles. The fraction of sp³-hybridized carbons (Fsp3) is 0.391. The smallest absolute Gasteiger partial charge is 0.338 e. The van der Waals surface area contributed by atoms with Gasteiger partial charge in [0.1, 0.15) is 0 Å². The van der Waals surface area contributed by atoms with Crippen molar-refractivity contribution in [3.63, 3.8) is 0 Å². The average molecular weight is 366 g/mol. The highest BCUT2D eigenvalue weighted by atomic mass is 16.5. The molecule has 0 radical (unpaired) electrons. The molecule has 0 saturated heterocycles. The summed E-state index contributed by atoms with van der Waals surface area (Å²) in [4.78, 5) is 24.6. The molecule has 4 heteroatoms. The van der Waals surface area contributed by atoms with E-state index in [0.29, 0.717) is 17.5 Å². The van der Waals surface area contributed by atoms with Gasteiger partial charge in [-0.2, -0.15) is 0 Å². The first-order chi connectivity index (χ1) is 13.1. The maximum absolute atomic E-state index is 12.3. The third-order valence-corrected chi connectivity index (χ3v) is 5.24. The Hall–Kier alpha value is -2.62. The van der Waals surface area contributed by atoms with E-state index in [1.165, 1.54) is 25.3 Å². The zero-order chi connectivity index (χ0) is 19.2. The van der Waals surface area contributed by atoms with Crippen LogP contribution in [0.3, 0.4) is 0 Å². The van der Waals surface area contributed by atoms with Crippen LogP contribution in [0.15, 0.2) is 36.4 Å². The zero-order valence-electron chi connectivity index (χ0n) is 16.0. The van der Waals surface area contributed by atoms with Gasteiger partial charge >= 0.3 is 11.9 Å². The molecule has 0 spiro atoms. The highest BCUT2D eigenvalue weighted by Gasteiger charge is 2.20. The third-order valence-electron chi connectivity index (χ3n) is 5.24. The molecule has 4 aliphatic rings. The quantitative estimate of drug-likeness (QED) is 0.743. The van der Waals surface area contributed by atoms with Crippen molar-refractivity contribution in [2.45, 2.75) is 44.9 Å². The Labute approximate surface area is 160 Å². The van der Waals surface area contributed by atoms with Crippen molar-refractivity contribution in [3.8, 4) is 0 Å². The molecule has 27 heavy (non-hydrogen) atoms. The normalized spacial score (nSPS) is 14.3. The largest absolute Gasteiger partial charge is 0.465 e. The van der Waals surface area contributed by atoms with Gasteiger partial charge in [0.2, 0.25) is 0 Å². The second-order valence-corrected chi connectivity index (χ2v) is 7.03. The van der Waals surface area contributed by atoms with Gasteiger partial charge in [0.25, 0.3) is 0 Å². The lowest BCUT2D eigenvalue weighted by atomic mass is 9.92. The Balaban J connectivity index is 2.01. The zero-order valence-corrected chi connectivity index (χ0v) is 16.0. The van der Waals surface area contributed by atoms with Crippen LogP contribution in [0.1, 0.15) is 62.2 Å². The summed E-state index contributed by atoms with van der Waals surface area (Å²) < 4.78 is 9.97. The number of hydrogen-bond acceptors (Lipinski definition) is 4. The number of carbonyl (C=O) groups excluding carboxylic acids is 2. The van der Waals surface area contributed by atoms with Crippen molar-refractivity contribution in [3.05, 3.63) is 69.8 Å². The van der Waals surface area contributed by atoms with E-state index in [1.807, 2.05) is 12.1 Å². The minimum Gasteiger partial charge on any atom is -0.465 e. The molecule has 4 aliphatic carbocycles. The summed E-state index contributed by atoms with van der Waals surface area (Å²) in [6.07, 6.45) is 6.22. The molecule has 0 unspecified atom stereocenters. The predicted molar refractivity (Wildman–Crippen MR) is 104 cm³/mol. The predicted octanol–water partition coefficient (Wildman–Crippen LogP) is 4.31. The highest BCUT2D eigenvalue weighted by Crippen LogP contribution is 2.24. The summed E-state index contributed by atoms with van der Waals surface area (Å²) >= 11 is 0. The van der Waals surface area contributed by atoms with Gasteiger partial charge in [0.05, 0.1) is 25.3 Å². The molecule has 0 heterocycles. The Morgan fingerprint density at radius 3 is 1.56 bits per heavy atom. The van der Waals surface area contributed by atoms with Crippen molar-refractivity contribution in [1.29, 1.82) is 0 Å². The minimum absolute atomic E-state index is 0.348. The summed E-state index contributed by atoms with van der Waals surface area (Å²) in [6.45, 7) is 0. The van der Waals surface area contributed by atoms with Crippen LogP contribution >= 0.6 is 0 Å². The molecule has 2 aromatic rings. The Bertz CT molecular complexity index is 821. The number of ether oxygens (including phenoxy) is 2. The molecule has 142 valence electrons. The van der Waals surface area contributed by atoms with Crippen LogP contribution in [-0.2, 0) is 35.2 Å². The maximum Gasteiger partial charge on any atom is 0.338 e. The van der Waals surface area contributed by atoms with Crippen LogP contribution in [0.5, 0.6) is 0 Å². The molecular weight excluding hydrogens is 340 g/mol. The van der Waals surface area contributed by atoms with E-state index in [0.717, 1.165) is 49.7 Å². The van der Waals surface area contributed by atoms with E-state index < -0.39 is 0 Å². The Kier molecular flexibility index (Phi) is 6.28. The van der Waals surface area contributed by atoms with Crippen molar-refractivity contribution in [2.75, 3.05) is 14.2 Å². The van der Waals surface area contributed by atoms with E-state index in [2.05, 4.69) is 24.3 Å². The molecule has 0 N–H and O–H groups in total. The van der Waals surface area contributed by atoms with E-state index in [4.69, 9.17) is 9.47 Å². The average Bonchev–Trinajstić information content (AvgIpc) is 2.72. The van der Waals surface area contributed by atoms with Crippen molar-refractivity contribution < 1.29 is 19.1 Å². The van der Waals surface area contributed by atoms with Crippen LogP contribution in [0.4, 0.5) is 0 Å². The first kappa shape index (κ1) is 19.2. The van der Waals surface area contributed by atoms with Gasteiger partial charge in [-0.3, -0.25) is 0 Å². The highest BCUT2D eigenvalue weighted by molar-refractivity contribution is 5.96.